The predicted molar refractivity (Wildman–Crippen MR) is 65.4 cm³/mol. The first kappa shape index (κ1) is 12.0. The van der Waals surface area contributed by atoms with Crippen molar-refractivity contribution in [1.82, 2.24) is 0 Å². The zero-order chi connectivity index (χ0) is 12.3. The first-order chi connectivity index (χ1) is 8.16. The van der Waals surface area contributed by atoms with E-state index < -0.39 is 5.97 Å². The summed E-state index contributed by atoms with van der Waals surface area (Å²) < 4.78 is 5.59. The molecule has 0 saturated carbocycles. The van der Waals surface area contributed by atoms with Crippen LogP contribution in [0.15, 0.2) is 18.2 Å². The van der Waals surface area contributed by atoms with Crippen molar-refractivity contribution in [2.24, 2.45) is 5.92 Å². The van der Waals surface area contributed by atoms with Crippen LogP contribution in [0.3, 0.4) is 0 Å². The van der Waals surface area contributed by atoms with Gasteiger partial charge in [-0.3, -0.25) is 4.79 Å². The lowest BCUT2D eigenvalue weighted by Gasteiger charge is -2.09. The molecule has 92 valence electrons. The number of ether oxygens (including phenoxy) is 1. The van der Waals surface area contributed by atoms with E-state index in [2.05, 4.69) is 12.1 Å². The van der Waals surface area contributed by atoms with Gasteiger partial charge in [-0.25, -0.2) is 0 Å². The minimum absolute atomic E-state index is 0.343. The SMILES string of the molecule is CC(CCOc1ccc2c(c1)CCC2)C(=O)O. The normalized spacial score (nSPS) is 15.4. The zero-order valence-corrected chi connectivity index (χ0v) is 10.1. The Bertz CT molecular complexity index is 412. The van der Waals surface area contributed by atoms with Gasteiger partial charge in [-0.2, -0.15) is 0 Å². The molecular weight excluding hydrogens is 216 g/mol. The maximum Gasteiger partial charge on any atom is 0.306 e. The van der Waals surface area contributed by atoms with Crippen LogP contribution in [0.5, 0.6) is 5.75 Å². The average molecular weight is 234 g/mol. The van der Waals surface area contributed by atoms with Crippen LogP contribution in [-0.2, 0) is 17.6 Å². The minimum atomic E-state index is -0.762. The van der Waals surface area contributed by atoms with E-state index in [1.807, 2.05) is 6.07 Å². The fraction of sp³-hybridized carbons (Fsp3) is 0.500. The van der Waals surface area contributed by atoms with Crippen molar-refractivity contribution < 1.29 is 14.6 Å². The predicted octanol–water partition coefficient (Wildman–Crippen LogP) is 2.66. The summed E-state index contributed by atoms with van der Waals surface area (Å²) in [6.07, 6.45) is 4.09. The largest absolute Gasteiger partial charge is 0.494 e. The molecule has 0 heterocycles. The molecule has 0 aromatic heterocycles. The van der Waals surface area contributed by atoms with Gasteiger partial charge in [0.25, 0.3) is 0 Å². The summed E-state index contributed by atoms with van der Waals surface area (Å²) in [5.74, 6) is -0.241. The van der Waals surface area contributed by atoms with E-state index >= 15 is 0 Å². The van der Waals surface area contributed by atoms with Crippen LogP contribution >= 0.6 is 0 Å². The maximum atomic E-state index is 10.6. The molecule has 0 bridgehead atoms. The number of fused-ring (bicyclic) bond motifs is 1. The number of aryl methyl sites for hydroxylation is 2. The quantitative estimate of drug-likeness (QED) is 0.852. The van der Waals surface area contributed by atoms with Crippen LogP contribution in [0.1, 0.15) is 30.9 Å². The van der Waals surface area contributed by atoms with Gasteiger partial charge in [-0.15, -0.1) is 0 Å². The Kier molecular flexibility index (Phi) is 3.67. The van der Waals surface area contributed by atoms with E-state index in [-0.39, 0.29) is 5.92 Å². The Balaban J connectivity index is 1.85. The Morgan fingerprint density at radius 1 is 1.41 bits per heavy atom. The highest BCUT2D eigenvalue weighted by Gasteiger charge is 2.12. The average Bonchev–Trinajstić information content (AvgIpc) is 2.75. The first-order valence-corrected chi connectivity index (χ1v) is 6.14. The lowest BCUT2D eigenvalue weighted by molar-refractivity contribution is -0.141. The number of carboxylic acids is 1. The molecule has 0 fully saturated rings. The van der Waals surface area contributed by atoms with E-state index in [1.54, 1.807) is 6.92 Å². The van der Waals surface area contributed by atoms with Crippen molar-refractivity contribution in [3.05, 3.63) is 29.3 Å². The summed E-state index contributed by atoms with van der Waals surface area (Å²) in [5, 5.41) is 8.75. The molecule has 1 aromatic rings. The molecule has 0 spiro atoms. The molecule has 3 heteroatoms. The molecular formula is C14H18O3. The van der Waals surface area contributed by atoms with Crippen molar-refractivity contribution in [3.8, 4) is 5.75 Å². The third kappa shape index (κ3) is 2.99. The Hall–Kier alpha value is -1.51. The molecule has 0 aliphatic heterocycles. The molecule has 1 aromatic carbocycles. The summed E-state index contributed by atoms with van der Waals surface area (Å²) in [5.41, 5.74) is 2.81. The number of carboxylic acid groups (broad SMARTS) is 1. The van der Waals surface area contributed by atoms with Gasteiger partial charge in [0.15, 0.2) is 0 Å². The van der Waals surface area contributed by atoms with E-state index in [9.17, 15) is 4.79 Å². The second kappa shape index (κ2) is 5.21. The van der Waals surface area contributed by atoms with Crippen LogP contribution in [0.25, 0.3) is 0 Å². The van der Waals surface area contributed by atoms with E-state index in [0.717, 1.165) is 12.2 Å². The summed E-state index contributed by atoms with van der Waals surface area (Å²) in [6, 6.07) is 6.20. The third-order valence-corrected chi connectivity index (χ3v) is 3.31. The van der Waals surface area contributed by atoms with Crippen molar-refractivity contribution in [3.63, 3.8) is 0 Å². The molecule has 1 aliphatic rings. The molecule has 0 radical (unpaired) electrons. The summed E-state index contributed by atoms with van der Waals surface area (Å²) in [7, 11) is 0. The second-order valence-corrected chi connectivity index (χ2v) is 4.66. The van der Waals surface area contributed by atoms with Gasteiger partial charge in [0, 0.05) is 0 Å². The maximum absolute atomic E-state index is 10.6. The van der Waals surface area contributed by atoms with Crippen LogP contribution in [0, 0.1) is 5.92 Å². The van der Waals surface area contributed by atoms with Crippen LogP contribution in [0.4, 0.5) is 0 Å². The molecule has 1 atom stereocenters. The fourth-order valence-corrected chi connectivity index (χ4v) is 2.12. The molecule has 1 N–H and O–H groups in total. The number of rotatable bonds is 5. The number of carbonyl (C=O) groups is 1. The van der Waals surface area contributed by atoms with E-state index in [0.29, 0.717) is 13.0 Å². The Morgan fingerprint density at radius 3 is 2.94 bits per heavy atom. The van der Waals surface area contributed by atoms with E-state index in [4.69, 9.17) is 9.84 Å². The first-order valence-electron chi connectivity index (χ1n) is 6.14. The monoisotopic (exact) mass is 234 g/mol. The van der Waals surface area contributed by atoms with Crippen molar-refractivity contribution in [1.29, 1.82) is 0 Å². The standard InChI is InChI=1S/C14H18O3/c1-10(14(15)16)7-8-17-13-6-5-11-3-2-4-12(11)9-13/h5-6,9-10H,2-4,7-8H2,1H3,(H,15,16). The van der Waals surface area contributed by atoms with Crippen LogP contribution in [-0.4, -0.2) is 17.7 Å². The van der Waals surface area contributed by atoms with Gasteiger partial charge < -0.3 is 9.84 Å². The van der Waals surface area contributed by atoms with E-state index in [1.165, 1.54) is 24.0 Å². The highest BCUT2D eigenvalue weighted by Crippen LogP contribution is 2.26. The van der Waals surface area contributed by atoms with Crippen LogP contribution < -0.4 is 4.74 Å². The Labute approximate surface area is 101 Å². The zero-order valence-electron chi connectivity index (χ0n) is 10.1. The molecule has 3 nitrogen and oxygen atoms in total. The van der Waals surface area contributed by atoms with Crippen molar-refractivity contribution in [2.45, 2.75) is 32.6 Å². The molecule has 1 unspecified atom stereocenters. The summed E-state index contributed by atoms with van der Waals surface area (Å²) in [4.78, 5) is 10.6. The van der Waals surface area contributed by atoms with Gasteiger partial charge in [-0.05, 0) is 48.9 Å². The second-order valence-electron chi connectivity index (χ2n) is 4.66. The Morgan fingerprint density at radius 2 is 2.18 bits per heavy atom. The highest BCUT2D eigenvalue weighted by atomic mass is 16.5. The van der Waals surface area contributed by atoms with Gasteiger partial charge in [0.05, 0.1) is 12.5 Å². The number of hydrogen-bond donors (Lipinski definition) is 1. The van der Waals surface area contributed by atoms with Gasteiger partial charge in [0.2, 0.25) is 0 Å². The molecule has 2 rings (SSSR count). The van der Waals surface area contributed by atoms with Crippen molar-refractivity contribution in [2.75, 3.05) is 6.61 Å². The highest BCUT2D eigenvalue weighted by molar-refractivity contribution is 5.69. The van der Waals surface area contributed by atoms with Crippen molar-refractivity contribution >= 4 is 5.97 Å². The summed E-state index contributed by atoms with van der Waals surface area (Å²) in [6.45, 7) is 2.17. The molecule has 0 saturated heterocycles. The molecule has 1 aliphatic carbocycles. The third-order valence-electron chi connectivity index (χ3n) is 3.31. The number of hydrogen-bond acceptors (Lipinski definition) is 2. The van der Waals surface area contributed by atoms with Gasteiger partial charge >= 0.3 is 5.97 Å². The topological polar surface area (TPSA) is 46.5 Å². The molecule has 17 heavy (non-hydrogen) atoms. The lowest BCUT2D eigenvalue weighted by atomic mass is 10.1. The van der Waals surface area contributed by atoms with Gasteiger partial charge in [-0.1, -0.05) is 13.0 Å². The number of benzene rings is 1. The van der Waals surface area contributed by atoms with Crippen LogP contribution in [0.2, 0.25) is 0 Å². The smallest absolute Gasteiger partial charge is 0.306 e. The number of aliphatic carboxylic acids is 1. The molecule has 0 amide bonds. The van der Waals surface area contributed by atoms with Gasteiger partial charge in [0.1, 0.15) is 5.75 Å². The fourth-order valence-electron chi connectivity index (χ4n) is 2.12. The summed E-state index contributed by atoms with van der Waals surface area (Å²) >= 11 is 0. The minimum Gasteiger partial charge on any atom is -0.494 e. The lowest BCUT2D eigenvalue weighted by Crippen LogP contribution is -2.13.